The fraction of sp³-hybridized carbons (Fsp3) is 0.600. The van der Waals surface area contributed by atoms with Crippen LogP contribution in [0.4, 0.5) is 0 Å². The second-order valence-corrected chi connectivity index (χ2v) is 4.93. The van der Waals surface area contributed by atoms with E-state index in [4.69, 9.17) is 5.73 Å². The van der Waals surface area contributed by atoms with Gasteiger partial charge in [0.2, 0.25) is 0 Å². The molecule has 0 fully saturated rings. The summed E-state index contributed by atoms with van der Waals surface area (Å²) >= 11 is 1.91. The molecule has 1 nitrogen and oxygen atoms in total. The molecule has 1 aliphatic carbocycles. The van der Waals surface area contributed by atoms with Crippen molar-refractivity contribution in [3.05, 3.63) is 21.4 Å². The van der Waals surface area contributed by atoms with Gasteiger partial charge in [0.15, 0.2) is 0 Å². The largest absolute Gasteiger partial charge is 0.326 e. The standard InChI is InChI=1S/C10H15NS/c1-7-2-3-10-8(4-7)5-9(6-11)12-10/h5,7H,2-4,6,11H2,1H3. The number of thiophene rings is 1. The summed E-state index contributed by atoms with van der Waals surface area (Å²) in [6, 6.07) is 2.30. The third-order valence-corrected chi connectivity index (χ3v) is 3.84. The lowest BCUT2D eigenvalue weighted by Crippen LogP contribution is -2.08. The average molecular weight is 181 g/mol. The lowest BCUT2D eigenvalue weighted by atomic mass is 9.90. The molecule has 0 saturated carbocycles. The first kappa shape index (κ1) is 8.27. The highest BCUT2D eigenvalue weighted by atomic mass is 32.1. The Morgan fingerprint density at radius 1 is 1.67 bits per heavy atom. The van der Waals surface area contributed by atoms with Gasteiger partial charge in [0.05, 0.1) is 0 Å². The molecule has 1 aliphatic rings. The highest BCUT2D eigenvalue weighted by Gasteiger charge is 2.17. The summed E-state index contributed by atoms with van der Waals surface area (Å²) in [6.45, 7) is 3.05. The van der Waals surface area contributed by atoms with Crippen LogP contribution in [-0.4, -0.2) is 0 Å². The van der Waals surface area contributed by atoms with Gasteiger partial charge in [-0.25, -0.2) is 0 Å². The Morgan fingerprint density at radius 2 is 2.50 bits per heavy atom. The molecular weight excluding hydrogens is 166 g/mol. The number of rotatable bonds is 1. The Morgan fingerprint density at radius 3 is 3.25 bits per heavy atom. The minimum atomic E-state index is 0.714. The van der Waals surface area contributed by atoms with Gasteiger partial charge in [-0.3, -0.25) is 0 Å². The van der Waals surface area contributed by atoms with E-state index in [0.717, 1.165) is 5.92 Å². The normalized spacial score (nSPS) is 22.3. The van der Waals surface area contributed by atoms with Crippen molar-refractivity contribution in [2.45, 2.75) is 32.7 Å². The molecule has 1 heterocycles. The maximum Gasteiger partial charge on any atom is 0.0273 e. The van der Waals surface area contributed by atoms with Gasteiger partial charge in [0.1, 0.15) is 0 Å². The van der Waals surface area contributed by atoms with Crippen LogP contribution < -0.4 is 5.73 Å². The zero-order valence-corrected chi connectivity index (χ0v) is 8.29. The predicted molar refractivity (Wildman–Crippen MR) is 53.4 cm³/mol. The second-order valence-electron chi connectivity index (χ2n) is 3.71. The van der Waals surface area contributed by atoms with Crippen molar-refractivity contribution in [1.82, 2.24) is 0 Å². The van der Waals surface area contributed by atoms with Gasteiger partial charge in [-0.05, 0) is 36.8 Å². The van der Waals surface area contributed by atoms with Gasteiger partial charge in [0, 0.05) is 16.3 Å². The molecule has 0 radical (unpaired) electrons. The first-order valence-electron chi connectivity index (χ1n) is 4.60. The molecule has 0 aliphatic heterocycles. The Balaban J connectivity index is 2.28. The summed E-state index contributed by atoms with van der Waals surface area (Å²) in [5.74, 6) is 0.873. The Labute approximate surface area is 77.6 Å². The minimum Gasteiger partial charge on any atom is -0.326 e. The third-order valence-electron chi connectivity index (χ3n) is 2.58. The first-order valence-corrected chi connectivity index (χ1v) is 5.41. The van der Waals surface area contributed by atoms with Gasteiger partial charge in [0.25, 0.3) is 0 Å². The van der Waals surface area contributed by atoms with Crippen LogP contribution in [-0.2, 0) is 19.4 Å². The van der Waals surface area contributed by atoms with Gasteiger partial charge >= 0.3 is 0 Å². The monoisotopic (exact) mass is 181 g/mol. The Bertz CT molecular complexity index is 277. The van der Waals surface area contributed by atoms with E-state index >= 15 is 0 Å². The molecule has 66 valence electrons. The molecule has 2 rings (SSSR count). The molecule has 0 amide bonds. The predicted octanol–water partition coefficient (Wildman–Crippen LogP) is 2.33. The number of hydrogen-bond donors (Lipinski definition) is 1. The molecule has 2 N–H and O–H groups in total. The van der Waals surface area contributed by atoms with Crippen LogP contribution >= 0.6 is 11.3 Å². The molecular formula is C10H15NS. The summed E-state index contributed by atoms with van der Waals surface area (Å²) in [6.07, 6.45) is 3.91. The van der Waals surface area contributed by atoms with Crippen molar-refractivity contribution < 1.29 is 0 Å². The molecule has 0 spiro atoms. The van der Waals surface area contributed by atoms with Crippen LogP contribution in [0.1, 0.15) is 28.7 Å². The summed E-state index contributed by atoms with van der Waals surface area (Å²) < 4.78 is 0. The van der Waals surface area contributed by atoms with Crippen molar-refractivity contribution in [3.63, 3.8) is 0 Å². The highest BCUT2D eigenvalue weighted by Crippen LogP contribution is 2.31. The minimum absolute atomic E-state index is 0.714. The van der Waals surface area contributed by atoms with Crippen LogP contribution in [0.5, 0.6) is 0 Å². The maximum absolute atomic E-state index is 5.61. The fourth-order valence-corrected chi connectivity index (χ4v) is 2.96. The summed E-state index contributed by atoms with van der Waals surface area (Å²) in [4.78, 5) is 2.95. The molecule has 1 aromatic heterocycles. The van der Waals surface area contributed by atoms with E-state index < -0.39 is 0 Å². The Kier molecular flexibility index (Phi) is 2.20. The zero-order valence-electron chi connectivity index (χ0n) is 7.47. The second kappa shape index (κ2) is 3.19. The molecule has 12 heavy (non-hydrogen) atoms. The van der Waals surface area contributed by atoms with E-state index in [9.17, 15) is 0 Å². The quantitative estimate of drug-likeness (QED) is 0.707. The van der Waals surface area contributed by atoms with Crippen molar-refractivity contribution in [3.8, 4) is 0 Å². The number of aryl methyl sites for hydroxylation is 1. The van der Waals surface area contributed by atoms with Crippen molar-refractivity contribution in [2.75, 3.05) is 0 Å². The molecule has 0 aromatic carbocycles. The molecule has 1 atom stereocenters. The van der Waals surface area contributed by atoms with E-state index in [0.29, 0.717) is 6.54 Å². The van der Waals surface area contributed by atoms with Gasteiger partial charge in [-0.15, -0.1) is 11.3 Å². The van der Waals surface area contributed by atoms with Crippen LogP contribution in [0, 0.1) is 5.92 Å². The van der Waals surface area contributed by atoms with Crippen LogP contribution in [0.3, 0.4) is 0 Å². The van der Waals surface area contributed by atoms with Crippen LogP contribution in [0.25, 0.3) is 0 Å². The van der Waals surface area contributed by atoms with Crippen molar-refractivity contribution in [2.24, 2.45) is 11.7 Å². The zero-order chi connectivity index (χ0) is 8.55. The molecule has 1 unspecified atom stereocenters. The smallest absolute Gasteiger partial charge is 0.0273 e. The first-order chi connectivity index (χ1) is 5.79. The molecule has 0 bridgehead atoms. The highest BCUT2D eigenvalue weighted by molar-refractivity contribution is 7.12. The lowest BCUT2D eigenvalue weighted by Gasteiger charge is -2.17. The number of nitrogens with two attached hydrogens (primary N) is 1. The van der Waals surface area contributed by atoms with Gasteiger partial charge in [-0.1, -0.05) is 6.92 Å². The van der Waals surface area contributed by atoms with E-state index in [-0.39, 0.29) is 0 Å². The molecule has 1 aromatic rings. The summed E-state index contributed by atoms with van der Waals surface area (Å²) in [5.41, 5.74) is 7.18. The summed E-state index contributed by atoms with van der Waals surface area (Å²) in [7, 11) is 0. The fourth-order valence-electron chi connectivity index (χ4n) is 1.87. The Hall–Kier alpha value is -0.340. The van der Waals surface area contributed by atoms with Gasteiger partial charge < -0.3 is 5.73 Å². The van der Waals surface area contributed by atoms with Crippen LogP contribution in [0.15, 0.2) is 6.07 Å². The number of hydrogen-bond acceptors (Lipinski definition) is 2. The van der Waals surface area contributed by atoms with E-state index in [1.807, 2.05) is 11.3 Å². The topological polar surface area (TPSA) is 26.0 Å². The van der Waals surface area contributed by atoms with Crippen molar-refractivity contribution in [1.29, 1.82) is 0 Å². The lowest BCUT2D eigenvalue weighted by molar-refractivity contribution is 0.506. The molecule has 0 saturated heterocycles. The van der Waals surface area contributed by atoms with E-state index in [1.165, 1.54) is 24.1 Å². The summed E-state index contributed by atoms with van der Waals surface area (Å²) in [5, 5.41) is 0. The number of fused-ring (bicyclic) bond motifs is 1. The van der Waals surface area contributed by atoms with Crippen LogP contribution in [0.2, 0.25) is 0 Å². The van der Waals surface area contributed by atoms with E-state index in [1.54, 1.807) is 10.4 Å². The maximum atomic E-state index is 5.61. The molecule has 2 heteroatoms. The SMILES string of the molecule is CC1CCc2sc(CN)cc2C1. The van der Waals surface area contributed by atoms with Gasteiger partial charge in [-0.2, -0.15) is 0 Å². The van der Waals surface area contributed by atoms with E-state index in [2.05, 4.69) is 13.0 Å². The van der Waals surface area contributed by atoms with Crippen molar-refractivity contribution >= 4 is 11.3 Å². The third kappa shape index (κ3) is 1.41. The average Bonchev–Trinajstić information content (AvgIpc) is 2.46.